The van der Waals surface area contributed by atoms with E-state index in [-0.39, 0.29) is 0 Å². The van der Waals surface area contributed by atoms with Crippen molar-refractivity contribution in [2.75, 3.05) is 7.05 Å². The third-order valence-electron chi connectivity index (χ3n) is 2.29. The van der Waals surface area contributed by atoms with Gasteiger partial charge in [-0.25, -0.2) is 0 Å². The maximum atomic E-state index is 3.31. The Labute approximate surface area is 86.5 Å². The van der Waals surface area contributed by atoms with Crippen LogP contribution in [0.1, 0.15) is 31.4 Å². The maximum absolute atomic E-state index is 3.31. The number of nitrogens with one attached hydrogen (secondary N) is 1. The van der Waals surface area contributed by atoms with Gasteiger partial charge in [0.05, 0.1) is 0 Å². The first-order valence-electron chi connectivity index (χ1n) is 5.00. The third-order valence-corrected chi connectivity index (χ3v) is 2.29. The lowest BCUT2D eigenvalue weighted by molar-refractivity contribution is 0.558. The van der Waals surface area contributed by atoms with Crippen LogP contribution in [0.25, 0.3) is 0 Å². The minimum Gasteiger partial charge on any atom is -0.313 e. The molecule has 0 spiro atoms. The van der Waals surface area contributed by atoms with Crippen molar-refractivity contribution in [3.8, 4) is 11.8 Å². The fraction of sp³-hybridized carbons (Fsp3) is 0.385. The predicted octanol–water partition coefficient (Wildman–Crippen LogP) is 2.75. The molecule has 1 rings (SSSR count). The summed E-state index contributed by atoms with van der Waals surface area (Å²) >= 11 is 0. The molecular weight excluding hydrogens is 170 g/mol. The summed E-state index contributed by atoms with van der Waals surface area (Å²) < 4.78 is 0. The van der Waals surface area contributed by atoms with E-state index < -0.39 is 0 Å². The number of rotatable bonds is 4. The molecule has 0 saturated carbocycles. The predicted molar refractivity (Wildman–Crippen MR) is 60.9 cm³/mol. The molecule has 1 atom stereocenters. The first-order valence-corrected chi connectivity index (χ1v) is 5.00. The second-order valence-electron chi connectivity index (χ2n) is 3.22. The molecule has 1 nitrogen and oxygen atoms in total. The average molecular weight is 187 g/mol. The van der Waals surface area contributed by atoms with Gasteiger partial charge in [0.25, 0.3) is 0 Å². The Morgan fingerprint density at radius 1 is 1.29 bits per heavy atom. The maximum Gasteiger partial charge on any atom is 0.0326 e. The summed E-state index contributed by atoms with van der Waals surface area (Å²) in [5.41, 5.74) is 1.34. The number of hydrogen-bond acceptors (Lipinski definition) is 1. The van der Waals surface area contributed by atoms with E-state index >= 15 is 0 Å². The number of hydrogen-bond donors (Lipinski definition) is 1. The van der Waals surface area contributed by atoms with E-state index in [2.05, 4.69) is 41.4 Å². The fourth-order valence-electron chi connectivity index (χ4n) is 1.50. The highest BCUT2D eigenvalue weighted by Gasteiger charge is 2.06. The van der Waals surface area contributed by atoms with E-state index in [0.717, 1.165) is 12.8 Å². The van der Waals surface area contributed by atoms with Gasteiger partial charge in [-0.2, -0.15) is 0 Å². The van der Waals surface area contributed by atoms with E-state index in [0.29, 0.717) is 6.04 Å². The third kappa shape index (κ3) is 3.24. The SMILES string of the molecule is CC#CCCC(NC)c1ccccc1. The van der Waals surface area contributed by atoms with Gasteiger partial charge in [-0.3, -0.25) is 0 Å². The van der Waals surface area contributed by atoms with Crippen molar-refractivity contribution in [3.63, 3.8) is 0 Å². The first kappa shape index (κ1) is 10.8. The standard InChI is InChI=1S/C13H17N/c1-3-4-6-11-13(14-2)12-9-7-5-8-10-12/h5,7-10,13-14H,6,11H2,1-2H3. The monoisotopic (exact) mass is 187 g/mol. The van der Waals surface area contributed by atoms with Crippen molar-refractivity contribution < 1.29 is 0 Å². The molecule has 0 aliphatic heterocycles. The summed E-state index contributed by atoms with van der Waals surface area (Å²) in [4.78, 5) is 0. The van der Waals surface area contributed by atoms with Crippen LogP contribution in [0.2, 0.25) is 0 Å². The zero-order chi connectivity index (χ0) is 10.2. The molecule has 0 aliphatic rings. The highest BCUT2D eigenvalue weighted by Crippen LogP contribution is 2.16. The topological polar surface area (TPSA) is 12.0 Å². The Balaban J connectivity index is 2.57. The van der Waals surface area contributed by atoms with Crippen LogP contribution in [0.3, 0.4) is 0 Å². The molecule has 1 aromatic carbocycles. The number of benzene rings is 1. The molecule has 0 amide bonds. The highest BCUT2D eigenvalue weighted by molar-refractivity contribution is 5.19. The van der Waals surface area contributed by atoms with Crippen LogP contribution in [0, 0.1) is 11.8 Å². The van der Waals surface area contributed by atoms with Gasteiger partial charge in [0.15, 0.2) is 0 Å². The average Bonchev–Trinajstić information content (AvgIpc) is 2.26. The van der Waals surface area contributed by atoms with Gasteiger partial charge < -0.3 is 5.32 Å². The van der Waals surface area contributed by atoms with Crippen LogP contribution in [0.5, 0.6) is 0 Å². The summed E-state index contributed by atoms with van der Waals surface area (Å²) in [5, 5.41) is 3.31. The van der Waals surface area contributed by atoms with Gasteiger partial charge in [-0.15, -0.1) is 11.8 Å². The Morgan fingerprint density at radius 2 is 2.00 bits per heavy atom. The lowest BCUT2D eigenvalue weighted by atomic mass is 10.0. The molecule has 0 bridgehead atoms. The zero-order valence-corrected chi connectivity index (χ0v) is 8.88. The van der Waals surface area contributed by atoms with Crippen LogP contribution < -0.4 is 5.32 Å². The van der Waals surface area contributed by atoms with Crippen molar-refractivity contribution in [2.45, 2.75) is 25.8 Å². The second kappa shape index (κ2) is 6.23. The largest absolute Gasteiger partial charge is 0.313 e. The Bertz CT molecular complexity index is 305. The van der Waals surface area contributed by atoms with Crippen molar-refractivity contribution in [2.24, 2.45) is 0 Å². The fourth-order valence-corrected chi connectivity index (χ4v) is 1.50. The van der Waals surface area contributed by atoms with Crippen molar-refractivity contribution >= 4 is 0 Å². The van der Waals surface area contributed by atoms with Crippen LogP contribution >= 0.6 is 0 Å². The zero-order valence-electron chi connectivity index (χ0n) is 8.88. The van der Waals surface area contributed by atoms with Gasteiger partial charge >= 0.3 is 0 Å². The molecule has 14 heavy (non-hydrogen) atoms. The molecule has 1 aromatic rings. The molecule has 0 saturated heterocycles. The summed E-state index contributed by atoms with van der Waals surface area (Å²) in [6.07, 6.45) is 2.03. The Morgan fingerprint density at radius 3 is 2.57 bits per heavy atom. The summed E-state index contributed by atoms with van der Waals surface area (Å²) in [5.74, 6) is 6.01. The molecule has 0 fully saturated rings. The van der Waals surface area contributed by atoms with E-state index in [1.54, 1.807) is 0 Å². The van der Waals surface area contributed by atoms with Crippen molar-refractivity contribution in [3.05, 3.63) is 35.9 Å². The van der Waals surface area contributed by atoms with Gasteiger partial charge in [0.1, 0.15) is 0 Å². The van der Waals surface area contributed by atoms with Crippen LogP contribution in [0.4, 0.5) is 0 Å². The summed E-state index contributed by atoms with van der Waals surface area (Å²) in [6.45, 7) is 1.89. The van der Waals surface area contributed by atoms with E-state index in [4.69, 9.17) is 0 Å². The lowest BCUT2D eigenvalue weighted by Crippen LogP contribution is -2.15. The van der Waals surface area contributed by atoms with Gasteiger partial charge in [-0.05, 0) is 26.0 Å². The summed E-state index contributed by atoms with van der Waals surface area (Å²) in [6, 6.07) is 10.9. The molecule has 0 radical (unpaired) electrons. The van der Waals surface area contributed by atoms with Crippen molar-refractivity contribution in [1.82, 2.24) is 5.32 Å². The second-order valence-corrected chi connectivity index (χ2v) is 3.22. The summed E-state index contributed by atoms with van der Waals surface area (Å²) in [7, 11) is 2.00. The normalized spacial score (nSPS) is 11.6. The molecular formula is C13H17N. The minimum absolute atomic E-state index is 0.428. The van der Waals surface area contributed by atoms with Gasteiger partial charge in [0.2, 0.25) is 0 Å². The van der Waals surface area contributed by atoms with Gasteiger partial charge in [-0.1, -0.05) is 30.3 Å². The van der Waals surface area contributed by atoms with E-state index in [9.17, 15) is 0 Å². The molecule has 1 unspecified atom stereocenters. The molecule has 1 heteroatoms. The molecule has 0 aromatic heterocycles. The molecule has 74 valence electrons. The molecule has 0 aliphatic carbocycles. The van der Waals surface area contributed by atoms with E-state index in [1.807, 2.05) is 20.0 Å². The molecule has 1 N–H and O–H groups in total. The van der Waals surface area contributed by atoms with Crippen LogP contribution in [0.15, 0.2) is 30.3 Å². The van der Waals surface area contributed by atoms with E-state index in [1.165, 1.54) is 5.56 Å². The van der Waals surface area contributed by atoms with Crippen LogP contribution in [-0.4, -0.2) is 7.05 Å². The van der Waals surface area contributed by atoms with Gasteiger partial charge in [0, 0.05) is 12.5 Å². The Kier molecular flexibility index (Phi) is 4.82. The quantitative estimate of drug-likeness (QED) is 0.715. The highest BCUT2D eigenvalue weighted by atomic mass is 14.9. The first-order chi connectivity index (χ1) is 6.88. The van der Waals surface area contributed by atoms with Crippen molar-refractivity contribution in [1.29, 1.82) is 0 Å². The lowest BCUT2D eigenvalue weighted by Gasteiger charge is -2.14. The molecule has 0 heterocycles. The Hall–Kier alpha value is -1.26. The van der Waals surface area contributed by atoms with Crippen LogP contribution in [-0.2, 0) is 0 Å². The smallest absolute Gasteiger partial charge is 0.0326 e. The minimum atomic E-state index is 0.428.